The van der Waals surface area contributed by atoms with Gasteiger partial charge in [0.05, 0.1) is 11.4 Å². The smallest absolute Gasteiger partial charge is 0.229 e. The topological polar surface area (TPSA) is 93.4 Å². The molecule has 9 heteroatoms. The molecule has 1 aromatic carbocycles. The zero-order valence-electron chi connectivity index (χ0n) is 12.0. The average Bonchev–Trinajstić information content (AvgIpc) is 3.04. The van der Waals surface area contributed by atoms with Crippen molar-refractivity contribution in [1.29, 1.82) is 0 Å². The Hall–Kier alpha value is -1.84. The Morgan fingerprint density at radius 2 is 2.13 bits per heavy atom. The van der Waals surface area contributed by atoms with Gasteiger partial charge in [0.1, 0.15) is 5.82 Å². The van der Waals surface area contributed by atoms with Gasteiger partial charge in [0.2, 0.25) is 15.9 Å². The lowest BCUT2D eigenvalue weighted by Gasteiger charge is -2.12. The van der Waals surface area contributed by atoms with E-state index in [9.17, 15) is 17.6 Å². The number of nitrogens with two attached hydrogens (primary N) is 1. The van der Waals surface area contributed by atoms with E-state index < -0.39 is 10.0 Å². The van der Waals surface area contributed by atoms with Gasteiger partial charge in [-0.2, -0.15) is 0 Å². The molecule has 2 aromatic rings. The van der Waals surface area contributed by atoms with Crippen LogP contribution in [0.1, 0.15) is 6.42 Å². The molecule has 122 valence electrons. The first kappa shape index (κ1) is 16.0. The Morgan fingerprint density at radius 1 is 1.39 bits per heavy atom. The van der Waals surface area contributed by atoms with E-state index in [1.54, 1.807) is 23.6 Å². The number of halogens is 1. The van der Waals surface area contributed by atoms with Crippen molar-refractivity contribution in [2.24, 2.45) is 11.1 Å². The number of aromatic nitrogens is 1. The minimum atomic E-state index is -3.63. The number of primary sulfonamides is 1. The van der Waals surface area contributed by atoms with Crippen molar-refractivity contribution in [2.75, 3.05) is 17.2 Å². The van der Waals surface area contributed by atoms with Gasteiger partial charge < -0.3 is 0 Å². The molecule has 1 amide bonds. The van der Waals surface area contributed by atoms with E-state index in [2.05, 4.69) is 4.98 Å². The highest BCUT2D eigenvalue weighted by Gasteiger charge is 2.34. The molecule has 1 aromatic heterocycles. The molecule has 1 atom stereocenters. The number of rotatable bonds is 4. The van der Waals surface area contributed by atoms with Gasteiger partial charge >= 0.3 is 0 Å². The van der Waals surface area contributed by atoms with Gasteiger partial charge in [-0.25, -0.2) is 22.9 Å². The number of hydrogen-bond acceptors (Lipinski definition) is 5. The first-order valence-electron chi connectivity index (χ1n) is 6.85. The Bertz CT molecular complexity index is 850. The summed E-state index contributed by atoms with van der Waals surface area (Å²) in [5, 5.41) is 7.14. The average molecular weight is 355 g/mol. The van der Waals surface area contributed by atoms with Crippen LogP contribution in [0.5, 0.6) is 0 Å². The molecule has 1 aliphatic rings. The predicted molar refractivity (Wildman–Crippen MR) is 85.9 cm³/mol. The predicted octanol–water partition coefficient (Wildman–Crippen LogP) is 1.59. The number of carbonyl (C=O) groups excluding carboxylic acids is 1. The first-order chi connectivity index (χ1) is 10.8. The van der Waals surface area contributed by atoms with E-state index in [0.717, 1.165) is 0 Å². The first-order valence-corrected chi connectivity index (χ1v) is 9.44. The van der Waals surface area contributed by atoms with Crippen LogP contribution in [-0.4, -0.2) is 31.6 Å². The monoisotopic (exact) mass is 355 g/mol. The lowest BCUT2D eigenvalue weighted by atomic mass is 10.1. The summed E-state index contributed by atoms with van der Waals surface area (Å²) < 4.78 is 36.1. The molecule has 1 saturated heterocycles. The third kappa shape index (κ3) is 3.57. The summed E-state index contributed by atoms with van der Waals surface area (Å²) in [4.78, 5) is 17.8. The summed E-state index contributed by atoms with van der Waals surface area (Å²) in [6, 6.07) is 6.26. The van der Waals surface area contributed by atoms with Crippen LogP contribution in [0.2, 0.25) is 0 Å². The van der Waals surface area contributed by atoms with Crippen molar-refractivity contribution >= 4 is 32.4 Å². The maximum absolute atomic E-state index is 13.8. The summed E-state index contributed by atoms with van der Waals surface area (Å²) in [6.07, 6.45) is 0.116. The van der Waals surface area contributed by atoms with E-state index in [0.29, 0.717) is 16.4 Å². The highest BCUT2D eigenvalue weighted by Crippen LogP contribution is 2.32. The van der Waals surface area contributed by atoms with Gasteiger partial charge in [-0.05, 0) is 12.1 Å². The van der Waals surface area contributed by atoms with Crippen molar-refractivity contribution in [1.82, 2.24) is 4.98 Å². The highest BCUT2D eigenvalue weighted by molar-refractivity contribution is 7.89. The maximum atomic E-state index is 13.8. The largest absolute Gasteiger partial charge is 0.288 e. The van der Waals surface area contributed by atoms with Gasteiger partial charge in [-0.1, -0.05) is 12.1 Å². The molecular weight excluding hydrogens is 341 g/mol. The van der Waals surface area contributed by atoms with E-state index >= 15 is 0 Å². The van der Waals surface area contributed by atoms with Crippen LogP contribution >= 0.6 is 11.3 Å². The Kier molecular flexibility index (Phi) is 4.17. The third-order valence-corrected chi connectivity index (χ3v) is 5.35. The zero-order chi connectivity index (χ0) is 16.6. The molecule has 0 spiro atoms. The van der Waals surface area contributed by atoms with Crippen molar-refractivity contribution in [3.63, 3.8) is 0 Å². The second kappa shape index (κ2) is 5.99. The second-order valence-electron chi connectivity index (χ2n) is 5.40. The number of nitrogens with zero attached hydrogens (tertiary/aromatic N) is 2. The molecule has 0 aliphatic carbocycles. The molecule has 0 saturated carbocycles. The minimum Gasteiger partial charge on any atom is -0.288 e. The lowest BCUT2D eigenvalue weighted by molar-refractivity contribution is -0.117. The van der Waals surface area contributed by atoms with E-state index in [1.807, 2.05) is 0 Å². The molecule has 1 fully saturated rings. The summed E-state index contributed by atoms with van der Waals surface area (Å²) in [6.45, 7) is 0.249. The molecular formula is C14H14FN3O3S2. The summed E-state index contributed by atoms with van der Waals surface area (Å²) in [5.74, 6) is -1.17. The number of amides is 1. The van der Waals surface area contributed by atoms with E-state index in [1.165, 1.54) is 22.3 Å². The van der Waals surface area contributed by atoms with Crippen molar-refractivity contribution in [3.05, 3.63) is 35.5 Å². The second-order valence-corrected chi connectivity index (χ2v) is 7.89. The van der Waals surface area contributed by atoms with Gasteiger partial charge in [0.25, 0.3) is 0 Å². The van der Waals surface area contributed by atoms with Crippen LogP contribution in [-0.2, 0) is 14.8 Å². The number of carbonyl (C=O) groups is 1. The van der Waals surface area contributed by atoms with Crippen LogP contribution in [0.4, 0.5) is 9.52 Å². The van der Waals surface area contributed by atoms with Gasteiger partial charge in [-0.3, -0.25) is 9.69 Å². The number of hydrogen-bond donors (Lipinski definition) is 1. The molecule has 2 heterocycles. The standard InChI is InChI=1S/C14H14FN3O3S2/c15-11-4-2-1-3-10(11)12-7-22-14(17-12)18-6-9(5-13(18)19)8-23(16,20)21/h1-4,7,9H,5-6,8H2,(H2,16,20,21). The van der Waals surface area contributed by atoms with Crippen molar-refractivity contribution in [3.8, 4) is 11.3 Å². The summed E-state index contributed by atoms with van der Waals surface area (Å²) in [7, 11) is -3.63. The van der Waals surface area contributed by atoms with Gasteiger partial charge in [0, 0.05) is 29.8 Å². The third-order valence-electron chi connectivity index (χ3n) is 3.55. The normalized spacial score (nSPS) is 18.6. The molecule has 1 unspecified atom stereocenters. The summed E-state index contributed by atoms with van der Waals surface area (Å²) in [5.41, 5.74) is 0.813. The maximum Gasteiger partial charge on any atom is 0.229 e. The minimum absolute atomic E-state index is 0.116. The number of sulfonamides is 1. The van der Waals surface area contributed by atoms with Crippen LogP contribution in [0, 0.1) is 11.7 Å². The Morgan fingerprint density at radius 3 is 2.83 bits per heavy atom. The summed E-state index contributed by atoms with van der Waals surface area (Å²) >= 11 is 1.22. The quantitative estimate of drug-likeness (QED) is 0.901. The van der Waals surface area contributed by atoms with Crippen molar-refractivity contribution in [2.45, 2.75) is 6.42 Å². The molecule has 0 bridgehead atoms. The number of benzene rings is 1. The van der Waals surface area contributed by atoms with E-state index in [-0.39, 0.29) is 36.4 Å². The molecule has 3 rings (SSSR count). The van der Waals surface area contributed by atoms with Crippen LogP contribution in [0.25, 0.3) is 11.3 Å². The highest BCUT2D eigenvalue weighted by atomic mass is 32.2. The molecule has 6 nitrogen and oxygen atoms in total. The van der Waals surface area contributed by atoms with Crippen molar-refractivity contribution < 1.29 is 17.6 Å². The molecule has 23 heavy (non-hydrogen) atoms. The van der Waals surface area contributed by atoms with Gasteiger partial charge in [0.15, 0.2) is 5.13 Å². The fourth-order valence-electron chi connectivity index (χ4n) is 2.59. The fourth-order valence-corrected chi connectivity index (χ4v) is 4.32. The Balaban J connectivity index is 1.81. The SMILES string of the molecule is NS(=O)(=O)CC1CC(=O)N(c2nc(-c3ccccc3F)cs2)C1. The van der Waals surface area contributed by atoms with E-state index in [4.69, 9.17) is 5.14 Å². The zero-order valence-corrected chi connectivity index (χ0v) is 13.6. The van der Waals surface area contributed by atoms with Crippen LogP contribution in [0.3, 0.4) is 0 Å². The fraction of sp³-hybridized carbons (Fsp3) is 0.286. The van der Waals surface area contributed by atoms with Gasteiger partial charge in [-0.15, -0.1) is 11.3 Å². The number of anilines is 1. The Labute approximate surface area is 136 Å². The molecule has 0 radical (unpaired) electrons. The molecule has 2 N–H and O–H groups in total. The number of thiazole rings is 1. The van der Waals surface area contributed by atoms with Crippen LogP contribution in [0.15, 0.2) is 29.6 Å². The van der Waals surface area contributed by atoms with Crippen LogP contribution < -0.4 is 10.0 Å². The lowest BCUT2D eigenvalue weighted by Crippen LogP contribution is -2.27. The molecule has 1 aliphatic heterocycles.